The summed E-state index contributed by atoms with van der Waals surface area (Å²) in [6, 6.07) is 4.57. The summed E-state index contributed by atoms with van der Waals surface area (Å²) in [5, 5.41) is 0. The van der Waals surface area contributed by atoms with Crippen molar-refractivity contribution in [3.63, 3.8) is 0 Å². The van der Waals surface area contributed by atoms with E-state index in [1.165, 1.54) is 44.1 Å². The average Bonchev–Trinajstić information content (AvgIpc) is 2.55. The van der Waals surface area contributed by atoms with E-state index in [9.17, 15) is 4.79 Å². The van der Waals surface area contributed by atoms with Crippen LogP contribution in [0.4, 0.5) is 0 Å². The molecule has 2 heterocycles. The van der Waals surface area contributed by atoms with Gasteiger partial charge in [0.1, 0.15) is 0 Å². The fourth-order valence-electron chi connectivity index (χ4n) is 3.76. The van der Waals surface area contributed by atoms with Crippen molar-refractivity contribution in [2.24, 2.45) is 5.92 Å². The maximum atomic E-state index is 12.5. The van der Waals surface area contributed by atoms with Gasteiger partial charge >= 0.3 is 0 Å². The minimum atomic E-state index is 0.348. The molecule has 0 bridgehead atoms. The summed E-state index contributed by atoms with van der Waals surface area (Å²) in [6.07, 6.45) is 11.4. The van der Waals surface area contributed by atoms with Crippen molar-refractivity contribution in [1.29, 1.82) is 0 Å². The van der Waals surface area contributed by atoms with Crippen LogP contribution in [0, 0.1) is 5.92 Å². The van der Waals surface area contributed by atoms with E-state index in [1.54, 1.807) is 18.0 Å². The molecular weight excluding hydrogens is 280 g/mol. The van der Waals surface area contributed by atoms with Crippen LogP contribution < -0.4 is 0 Å². The summed E-state index contributed by atoms with van der Waals surface area (Å²) < 4.78 is 0. The molecule has 0 radical (unpaired) electrons. The Hall–Kier alpha value is -1.03. The Labute approximate surface area is 131 Å². The smallest absolute Gasteiger partial charge is 0.232 e. The predicted molar refractivity (Wildman–Crippen MR) is 87.1 cm³/mol. The number of carbonyl (C=O) groups excluding carboxylic acids is 1. The molecule has 0 unspecified atom stereocenters. The predicted octanol–water partition coefficient (Wildman–Crippen LogP) is 3.50. The standard InChI is InChI=1S/C17H24N2OS/c20-17(13-21-12-14-5-3-9-18-11-14)19-10-4-7-15-6-1-2-8-16(15)19/h3,5,9,11,15-16H,1-2,4,6-8,10,12-13H2/t15-,16-/m0/s1. The number of amides is 1. The maximum Gasteiger partial charge on any atom is 0.232 e. The minimum Gasteiger partial charge on any atom is -0.339 e. The van der Waals surface area contributed by atoms with Crippen LogP contribution >= 0.6 is 11.8 Å². The topological polar surface area (TPSA) is 33.2 Å². The summed E-state index contributed by atoms with van der Waals surface area (Å²) in [6.45, 7) is 0.980. The van der Waals surface area contributed by atoms with E-state index in [2.05, 4.69) is 16.0 Å². The van der Waals surface area contributed by atoms with Crippen molar-refractivity contribution in [3.05, 3.63) is 30.1 Å². The fraction of sp³-hybridized carbons (Fsp3) is 0.647. The second kappa shape index (κ2) is 7.30. The first kappa shape index (κ1) is 14.9. The van der Waals surface area contributed by atoms with E-state index in [-0.39, 0.29) is 0 Å². The Bertz CT molecular complexity index is 463. The van der Waals surface area contributed by atoms with Gasteiger partial charge in [-0.25, -0.2) is 0 Å². The Balaban J connectivity index is 1.50. The lowest BCUT2D eigenvalue weighted by molar-refractivity contribution is -0.134. The van der Waals surface area contributed by atoms with Crippen LogP contribution in [-0.2, 0) is 10.5 Å². The number of nitrogens with zero attached hydrogens (tertiary/aromatic N) is 2. The van der Waals surface area contributed by atoms with E-state index in [4.69, 9.17) is 0 Å². The molecule has 4 heteroatoms. The van der Waals surface area contributed by atoms with Crippen molar-refractivity contribution in [3.8, 4) is 0 Å². The molecule has 114 valence electrons. The van der Waals surface area contributed by atoms with Gasteiger partial charge in [-0.1, -0.05) is 18.9 Å². The van der Waals surface area contributed by atoms with E-state index < -0.39 is 0 Å². The third-order valence-corrected chi connectivity index (χ3v) is 5.77. The van der Waals surface area contributed by atoms with Crippen LogP contribution in [0.1, 0.15) is 44.1 Å². The van der Waals surface area contributed by atoms with Gasteiger partial charge in [0.05, 0.1) is 5.75 Å². The summed E-state index contributed by atoms with van der Waals surface area (Å²) in [4.78, 5) is 18.8. The number of piperidine rings is 1. The Morgan fingerprint density at radius 2 is 2.14 bits per heavy atom. The number of hydrogen-bond acceptors (Lipinski definition) is 3. The molecule has 0 N–H and O–H groups in total. The van der Waals surface area contributed by atoms with Crippen LogP contribution in [0.3, 0.4) is 0 Å². The normalized spacial score (nSPS) is 25.4. The third kappa shape index (κ3) is 3.79. The van der Waals surface area contributed by atoms with Crippen LogP contribution in [0.2, 0.25) is 0 Å². The lowest BCUT2D eigenvalue weighted by atomic mass is 9.78. The first-order valence-corrected chi connectivity index (χ1v) is 9.26. The zero-order valence-corrected chi connectivity index (χ0v) is 13.4. The van der Waals surface area contributed by atoms with Crippen molar-refractivity contribution in [2.45, 2.75) is 50.3 Å². The number of aromatic nitrogens is 1. The minimum absolute atomic E-state index is 0.348. The molecule has 1 saturated heterocycles. The molecule has 1 aliphatic carbocycles. The second-order valence-electron chi connectivity index (χ2n) is 6.20. The van der Waals surface area contributed by atoms with E-state index >= 15 is 0 Å². The van der Waals surface area contributed by atoms with Crippen LogP contribution in [0.25, 0.3) is 0 Å². The van der Waals surface area contributed by atoms with Gasteiger partial charge in [0.2, 0.25) is 5.91 Å². The summed E-state index contributed by atoms with van der Waals surface area (Å²) in [5.41, 5.74) is 1.20. The highest BCUT2D eigenvalue weighted by molar-refractivity contribution is 7.99. The van der Waals surface area contributed by atoms with Crippen LogP contribution in [0.5, 0.6) is 0 Å². The molecule has 3 nitrogen and oxygen atoms in total. The SMILES string of the molecule is O=C(CSCc1cccnc1)N1CCC[C@@H]2CCCC[C@@H]21. The highest BCUT2D eigenvalue weighted by atomic mass is 32.2. The Morgan fingerprint density at radius 3 is 3.00 bits per heavy atom. The van der Waals surface area contributed by atoms with Gasteiger partial charge in [0, 0.05) is 30.7 Å². The number of pyridine rings is 1. The Morgan fingerprint density at radius 1 is 1.29 bits per heavy atom. The molecular formula is C17H24N2OS. The van der Waals surface area contributed by atoms with Gasteiger partial charge in [-0.05, 0) is 43.2 Å². The van der Waals surface area contributed by atoms with Gasteiger partial charge in [0.15, 0.2) is 0 Å². The van der Waals surface area contributed by atoms with Crippen molar-refractivity contribution in [1.82, 2.24) is 9.88 Å². The highest BCUT2D eigenvalue weighted by Crippen LogP contribution is 2.35. The molecule has 1 saturated carbocycles. The van der Waals surface area contributed by atoms with Gasteiger partial charge in [-0.2, -0.15) is 0 Å². The average molecular weight is 304 g/mol. The first-order chi connectivity index (χ1) is 10.3. The van der Waals surface area contributed by atoms with E-state index in [0.717, 1.165) is 18.2 Å². The molecule has 2 fully saturated rings. The van der Waals surface area contributed by atoms with E-state index in [1.807, 2.05) is 12.3 Å². The maximum absolute atomic E-state index is 12.5. The third-order valence-electron chi connectivity index (χ3n) is 4.78. The number of thioether (sulfide) groups is 1. The largest absolute Gasteiger partial charge is 0.339 e. The molecule has 1 aromatic heterocycles. The first-order valence-electron chi connectivity index (χ1n) is 8.11. The van der Waals surface area contributed by atoms with Crippen molar-refractivity contribution < 1.29 is 4.79 Å². The van der Waals surface area contributed by atoms with E-state index in [0.29, 0.717) is 17.7 Å². The molecule has 0 spiro atoms. The van der Waals surface area contributed by atoms with Gasteiger partial charge < -0.3 is 4.90 Å². The van der Waals surface area contributed by atoms with Crippen LogP contribution in [-0.4, -0.2) is 34.1 Å². The highest BCUT2D eigenvalue weighted by Gasteiger charge is 2.35. The summed E-state index contributed by atoms with van der Waals surface area (Å²) in [7, 11) is 0. The zero-order valence-electron chi connectivity index (χ0n) is 12.5. The monoisotopic (exact) mass is 304 g/mol. The molecule has 2 atom stereocenters. The van der Waals surface area contributed by atoms with Crippen molar-refractivity contribution >= 4 is 17.7 Å². The summed E-state index contributed by atoms with van der Waals surface area (Å²) in [5.74, 6) is 2.61. The van der Waals surface area contributed by atoms with Crippen molar-refractivity contribution in [2.75, 3.05) is 12.3 Å². The molecule has 1 aliphatic heterocycles. The molecule has 1 amide bonds. The lowest BCUT2D eigenvalue weighted by Gasteiger charge is -2.44. The molecule has 21 heavy (non-hydrogen) atoms. The molecule has 1 aromatic rings. The zero-order chi connectivity index (χ0) is 14.5. The number of likely N-dealkylation sites (tertiary alicyclic amines) is 1. The number of fused-ring (bicyclic) bond motifs is 1. The lowest BCUT2D eigenvalue weighted by Crippen LogP contribution is -2.50. The summed E-state index contributed by atoms with van der Waals surface area (Å²) >= 11 is 1.72. The van der Waals surface area contributed by atoms with Gasteiger partial charge in [-0.3, -0.25) is 9.78 Å². The quantitative estimate of drug-likeness (QED) is 0.853. The Kier molecular flexibility index (Phi) is 5.17. The number of hydrogen-bond donors (Lipinski definition) is 0. The fourth-order valence-corrected chi connectivity index (χ4v) is 4.61. The number of carbonyl (C=O) groups is 1. The van der Waals surface area contributed by atoms with Crippen LogP contribution in [0.15, 0.2) is 24.5 Å². The second-order valence-corrected chi connectivity index (χ2v) is 7.18. The molecule has 3 rings (SSSR count). The van der Waals surface area contributed by atoms with Gasteiger partial charge in [0.25, 0.3) is 0 Å². The molecule has 2 aliphatic rings. The molecule has 0 aromatic carbocycles. The number of rotatable bonds is 4. The van der Waals surface area contributed by atoms with Gasteiger partial charge in [-0.15, -0.1) is 11.8 Å².